The zero-order valence-electron chi connectivity index (χ0n) is 17.0. The summed E-state index contributed by atoms with van der Waals surface area (Å²) < 4.78 is 11.2. The summed E-state index contributed by atoms with van der Waals surface area (Å²) in [5, 5.41) is 0.455. The van der Waals surface area contributed by atoms with Gasteiger partial charge in [0.15, 0.2) is 0 Å². The molecule has 0 heterocycles. The van der Waals surface area contributed by atoms with Crippen molar-refractivity contribution in [1.29, 1.82) is 0 Å². The Bertz CT molecular complexity index is 852. The van der Waals surface area contributed by atoms with E-state index in [1.807, 2.05) is 26.0 Å². The molecule has 0 saturated heterocycles. The van der Waals surface area contributed by atoms with Crippen molar-refractivity contribution in [2.45, 2.75) is 46.0 Å². The Hall–Kier alpha value is -2.17. The van der Waals surface area contributed by atoms with Crippen LogP contribution in [0.25, 0.3) is 0 Å². The molecule has 1 unspecified atom stereocenters. The molecule has 0 spiro atoms. The average molecular weight is 403 g/mol. The van der Waals surface area contributed by atoms with Crippen LogP contribution in [0.2, 0.25) is 5.02 Å². The van der Waals surface area contributed by atoms with E-state index < -0.39 is 11.9 Å². The number of esters is 1. The van der Waals surface area contributed by atoms with E-state index in [1.165, 1.54) is 0 Å². The highest BCUT2D eigenvalue weighted by Crippen LogP contribution is 2.36. The summed E-state index contributed by atoms with van der Waals surface area (Å²) in [6.45, 7) is 10.8. The monoisotopic (exact) mass is 402 g/mol. The molecular weight excluding hydrogens is 376 g/mol. The lowest BCUT2D eigenvalue weighted by molar-refractivity contribution is -0.110. The molecule has 0 fully saturated rings. The third kappa shape index (κ3) is 5.43. The smallest absolute Gasteiger partial charge is 0.343 e. The van der Waals surface area contributed by atoms with E-state index in [0.29, 0.717) is 28.5 Å². The van der Waals surface area contributed by atoms with Crippen molar-refractivity contribution in [3.8, 4) is 5.75 Å². The molecule has 5 heteroatoms. The van der Waals surface area contributed by atoms with E-state index in [4.69, 9.17) is 21.1 Å². The van der Waals surface area contributed by atoms with Crippen molar-refractivity contribution >= 4 is 23.9 Å². The molecule has 28 heavy (non-hydrogen) atoms. The van der Waals surface area contributed by atoms with Gasteiger partial charge in [-0.15, -0.1) is 0 Å². The first-order valence-corrected chi connectivity index (χ1v) is 9.71. The molecule has 2 rings (SSSR count). The van der Waals surface area contributed by atoms with Crippen molar-refractivity contribution in [3.63, 3.8) is 0 Å². The number of rotatable bonds is 7. The number of aryl methyl sites for hydroxylation is 1. The molecule has 1 atom stereocenters. The second-order valence-corrected chi connectivity index (χ2v) is 8.20. The molecule has 0 saturated carbocycles. The molecule has 0 N–H and O–H groups in total. The Balaban J connectivity index is 2.51. The van der Waals surface area contributed by atoms with Crippen LogP contribution in [-0.4, -0.2) is 25.5 Å². The number of hydrogen-bond acceptors (Lipinski definition) is 4. The topological polar surface area (TPSA) is 52.6 Å². The van der Waals surface area contributed by atoms with Gasteiger partial charge >= 0.3 is 5.97 Å². The highest BCUT2D eigenvalue weighted by atomic mass is 35.5. The average Bonchev–Trinajstić information content (AvgIpc) is 2.63. The van der Waals surface area contributed by atoms with E-state index in [0.717, 1.165) is 17.4 Å². The SMILES string of the molecule is CCOCC(C=O)c1cc(C(C)(C)C)cc(C)c1OC(=O)c1cccc(Cl)c1. The first-order chi connectivity index (χ1) is 13.2. The van der Waals surface area contributed by atoms with Gasteiger partial charge in [0.25, 0.3) is 0 Å². The van der Waals surface area contributed by atoms with Gasteiger partial charge < -0.3 is 14.3 Å². The van der Waals surface area contributed by atoms with Gasteiger partial charge in [-0.05, 0) is 48.6 Å². The molecule has 2 aromatic rings. The van der Waals surface area contributed by atoms with Crippen molar-refractivity contribution in [2.75, 3.05) is 13.2 Å². The largest absolute Gasteiger partial charge is 0.422 e. The lowest BCUT2D eigenvalue weighted by Crippen LogP contribution is -2.18. The zero-order chi connectivity index (χ0) is 20.9. The predicted molar refractivity (Wildman–Crippen MR) is 112 cm³/mol. The van der Waals surface area contributed by atoms with Crippen LogP contribution < -0.4 is 4.74 Å². The predicted octanol–water partition coefficient (Wildman–Crippen LogP) is 5.48. The lowest BCUT2D eigenvalue weighted by Gasteiger charge is -2.24. The Morgan fingerprint density at radius 1 is 1.21 bits per heavy atom. The maximum absolute atomic E-state index is 12.7. The maximum Gasteiger partial charge on any atom is 0.343 e. The van der Waals surface area contributed by atoms with Crippen molar-refractivity contribution in [1.82, 2.24) is 0 Å². The highest BCUT2D eigenvalue weighted by Gasteiger charge is 2.25. The van der Waals surface area contributed by atoms with Crippen molar-refractivity contribution in [2.24, 2.45) is 0 Å². The number of hydrogen-bond donors (Lipinski definition) is 0. The molecule has 0 bridgehead atoms. The van der Waals surface area contributed by atoms with E-state index >= 15 is 0 Å². The summed E-state index contributed by atoms with van der Waals surface area (Å²) in [6, 6.07) is 10.5. The first kappa shape index (κ1) is 22.1. The van der Waals surface area contributed by atoms with Crippen LogP contribution in [0, 0.1) is 6.92 Å². The van der Waals surface area contributed by atoms with E-state index in [2.05, 4.69) is 20.8 Å². The molecule has 0 aromatic heterocycles. The van der Waals surface area contributed by atoms with E-state index in [9.17, 15) is 9.59 Å². The summed E-state index contributed by atoms with van der Waals surface area (Å²) in [7, 11) is 0. The van der Waals surface area contributed by atoms with Gasteiger partial charge in [-0.2, -0.15) is 0 Å². The molecule has 0 aliphatic heterocycles. The fraction of sp³-hybridized carbons (Fsp3) is 0.391. The number of halogens is 1. The van der Waals surface area contributed by atoms with Gasteiger partial charge in [0.1, 0.15) is 12.0 Å². The number of ether oxygens (including phenoxy) is 2. The second-order valence-electron chi connectivity index (χ2n) is 7.76. The highest BCUT2D eigenvalue weighted by molar-refractivity contribution is 6.30. The van der Waals surface area contributed by atoms with Crippen LogP contribution in [0.4, 0.5) is 0 Å². The lowest BCUT2D eigenvalue weighted by atomic mass is 9.83. The van der Waals surface area contributed by atoms with Crippen molar-refractivity contribution < 1.29 is 19.1 Å². The molecule has 4 nitrogen and oxygen atoms in total. The van der Waals surface area contributed by atoms with Crippen molar-refractivity contribution in [3.05, 3.63) is 63.7 Å². The summed E-state index contributed by atoms with van der Waals surface area (Å²) >= 11 is 5.98. The zero-order valence-corrected chi connectivity index (χ0v) is 17.8. The molecule has 2 aromatic carbocycles. The van der Waals surface area contributed by atoms with Gasteiger partial charge in [-0.1, -0.05) is 50.6 Å². The Kier molecular flexibility index (Phi) is 7.39. The van der Waals surface area contributed by atoms with Crippen LogP contribution in [0.3, 0.4) is 0 Å². The molecular formula is C23H27ClO4. The summed E-state index contributed by atoms with van der Waals surface area (Å²) in [5.41, 5.74) is 2.75. The fourth-order valence-electron chi connectivity index (χ4n) is 2.86. The molecule has 0 aliphatic rings. The third-order valence-corrected chi connectivity index (χ3v) is 4.72. The molecule has 150 valence electrons. The van der Waals surface area contributed by atoms with Crippen LogP contribution >= 0.6 is 11.6 Å². The Labute approximate surface area is 171 Å². The standard InChI is InChI=1S/C23H27ClO4/c1-6-27-14-17(13-25)20-12-18(23(3,4)5)10-15(2)21(20)28-22(26)16-8-7-9-19(24)11-16/h7-13,17H,6,14H2,1-5H3. The van der Waals surface area contributed by atoms with Crippen LogP contribution in [-0.2, 0) is 14.9 Å². The normalized spacial score (nSPS) is 12.5. The maximum atomic E-state index is 12.7. The van der Waals surface area contributed by atoms with Crippen LogP contribution in [0.15, 0.2) is 36.4 Å². The number of aldehydes is 1. The Morgan fingerprint density at radius 3 is 2.50 bits per heavy atom. The van der Waals surface area contributed by atoms with Gasteiger partial charge in [0, 0.05) is 17.2 Å². The molecule has 0 radical (unpaired) electrons. The number of benzene rings is 2. The molecule has 0 amide bonds. The third-order valence-electron chi connectivity index (χ3n) is 4.49. The van der Waals surface area contributed by atoms with Crippen LogP contribution in [0.1, 0.15) is 60.7 Å². The van der Waals surface area contributed by atoms with Crippen LogP contribution in [0.5, 0.6) is 5.75 Å². The van der Waals surface area contributed by atoms with Gasteiger partial charge in [0.05, 0.1) is 18.1 Å². The van der Waals surface area contributed by atoms with E-state index in [1.54, 1.807) is 24.3 Å². The van der Waals surface area contributed by atoms with E-state index in [-0.39, 0.29) is 12.0 Å². The summed E-state index contributed by atoms with van der Waals surface area (Å²) in [5.74, 6) is -0.644. The minimum absolute atomic E-state index is 0.117. The van der Waals surface area contributed by atoms with Gasteiger partial charge in [-0.3, -0.25) is 0 Å². The second kappa shape index (κ2) is 9.35. The van der Waals surface area contributed by atoms with Gasteiger partial charge in [-0.25, -0.2) is 4.79 Å². The molecule has 0 aliphatic carbocycles. The first-order valence-electron chi connectivity index (χ1n) is 9.33. The summed E-state index contributed by atoms with van der Waals surface area (Å²) in [6.07, 6.45) is 0.841. The summed E-state index contributed by atoms with van der Waals surface area (Å²) in [4.78, 5) is 24.5. The number of carbonyl (C=O) groups excluding carboxylic acids is 2. The minimum atomic E-state index is -0.525. The quantitative estimate of drug-likeness (QED) is 0.349. The fourth-order valence-corrected chi connectivity index (χ4v) is 3.05. The Morgan fingerprint density at radius 2 is 1.93 bits per heavy atom. The van der Waals surface area contributed by atoms with Gasteiger partial charge in [0.2, 0.25) is 0 Å². The minimum Gasteiger partial charge on any atom is -0.422 e. The number of carbonyl (C=O) groups is 2.